The molecule has 2 aromatic rings. The highest BCUT2D eigenvalue weighted by atomic mass is 32.2. The fourth-order valence-electron chi connectivity index (χ4n) is 1.73. The molecule has 0 fully saturated rings. The maximum atomic E-state index is 13.4. The summed E-state index contributed by atoms with van der Waals surface area (Å²) >= 11 is 0. The van der Waals surface area contributed by atoms with Gasteiger partial charge in [0.05, 0.1) is 5.75 Å². The van der Waals surface area contributed by atoms with Gasteiger partial charge in [-0.15, -0.1) is 0 Å². The van der Waals surface area contributed by atoms with Crippen molar-refractivity contribution < 1.29 is 21.6 Å². The Morgan fingerprint density at radius 2 is 1.67 bits per heavy atom. The Bertz CT molecular complexity index is 756. The number of nitrogens with two attached hydrogens (primary N) is 1. The molecule has 0 amide bonds. The Balaban J connectivity index is 2.26. The van der Waals surface area contributed by atoms with Gasteiger partial charge in [-0.05, 0) is 17.7 Å². The van der Waals surface area contributed by atoms with Crippen LogP contribution in [0.1, 0.15) is 5.56 Å². The van der Waals surface area contributed by atoms with Crippen LogP contribution >= 0.6 is 0 Å². The summed E-state index contributed by atoms with van der Waals surface area (Å²) in [4.78, 5) is 0. The quantitative estimate of drug-likeness (QED) is 0.852. The van der Waals surface area contributed by atoms with Gasteiger partial charge in [-0.1, -0.05) is 12.1 Å². The number of nitrogen functional groups attached to an aromatic ring is 1. The molecule has 0 unspecified atom stereocenters. The molecule has 4 nitrogen and oxygen atoms in total. The number of halogens is 3. The van der Waals surface area contributed by atoms with E-state index < -0.39 is 38.9 Å². The van der Waals surface area contributed by atoms with Crippen molar-refractivity contribution in [3.05, 3.63) is 59.4 Å². The highest BCUT2D eigenvalue weighted by Crippen LogP contribution is 2.22. The van der Waals surface area contributed by atoms with Crippen molar-refractivity contribution in [2.45, 2.75) is 5.75 Å². The molecule has 0 saturated heterocycles. The van der Waals surface area contributed by atoms with Gasteiger partial charge >= 0.3 is 0 Å². The van der Waals surface area contributed by atoms with Crippen molar-refractivity contribution in [2.24, 2.45) is 0 Å². The predicted molar refractivity (Wildman–Crippen MR) is 73.4 cm³/mol. The molecule has 2 aromatic carbocycles. The van der Waals surface area contributed by atoms with Crippen LogP contribution in [-0.2, 0) is 15.8 Å². The van der Waals surface area contributed by atoms with Crippen LogP contribution in [0.2, 0.25) is 0 Å². The van der Waals surface area contributed by atoms with Gasteiger partial charge in [-0.3, -0.25) is 4.72 Å². The van der Waals surface area contributed by atoms with Crippen LogP contribution < -0.4 is 10.5 Å². The van der Waals surface area contributed by atoms with Crippen molar-refractivity contribution >= 4 is 21.4 Å². The van der Waals surface area contributed by atoms with E-state index in [1.807, 2.05) is 0 Å². The minimum Gasteiger partial charge on any atom is -0.399 e. The van der Waals surface area contributed by atoms with Gasteiger partial charge in [0.25, 0.3) is 0 Å². The van der Waals surface area contributed by atoms with Crippen molar-refractivity contribution in [3.63, 3.8) is 0 Å². The fraction of sp³-hybridized carbons (Fsp3) is 0.0769. The second kappa shape index (κ2) is 5.65. The lowest BCUT2D eigenvalue weighted by molar-refractivity contribution is 0.547. The van der Waals surface area contributed by atoms with E-state index in [4.69, 9.17) is 5.73 Å². The van der Waals surface area contributed by atoms with Crippen LogP contribution in [0.3, 0.4) is 0 Å². The van der Waals surface area contributed by atoms with E-state index in [-0.39, 0.29) is 0 Å². The summed E-state index contributed by atoms with van der Waals surface area (Å²) in [5.74, 6) is -4.31. The number of sulfonamides is 1. The fourth-order valence-corrected chi connectivity index (χ4v) is 2.93. The summed E-state index contributed by atoms with van der Waals surface area (Å²) < 4.78 is 65.1. The molecule has 0 bridgehead atoms. The van der Waals surface area contributed by atoms with Crippen LogP contribution in [0.15, 0.2) is 36.4 Å². The first-order valence-electron chi connectivity index (χ1n) is 5.76. The van der Waals surface area contributed by atoms with Crippen LogP contribution in [0.4, 0.5) is 24.5 Å². The third kappa shape index (κ3) is 3.88. The predicted octanol–water partition coefficient (Wildman–Crippen LogP) is 2.63. The van der Waals surface area contributed by atoms with Crippen molar-refractivity contribution in [1.82, 2.24) is 0 Å². The van der Waals surface area contributed by atoms with Crippen LogP contribution in [0.5, 0.6) is 0 Å². The van der Waals surface area contributed by atoms with Crippen LogP contribution in [-0.4, -0.2) is 8.42 Å². The van der Waals surface area contributed by atoms with Gasteiger partial charge < -0.3 is 5.73 Å². The minimum atomic E-state index is -4.07. The number of rotatable bonds is 4. The van der Waals surface area contributed by atoms with E-state index in [0.29, 0.717) is 23.4 Å². The van der Waals surface area contributed by atoms with Gasteiger partial charge in [0.2, 0.25) is 10.0 Å². The maximum absolute atomic E-state index is 13.4. The van der Waals surface area contributed by atoms with Gasteiger partial charge in [0.15, 0.2) is 11.6 Å². The standard InChI is InChI=1S/C13H11F3N2O2S/c14-9-5-11(15)13(12(16)6-9)18-21(19,20)7-8-2-1-3-10(17)4-8/h1-6,18H,7,17H2. The smallest absolute Gasteiger partial charge is 0.237 e. The summed E-state index contributed by atoms with van der Waals surface area (Å²) in [5, 5.41) is 0. The molecule has 21 heavy (non-hydrogen) atoms. The molecular formula is C13H11F3N2O2S. The van der Waals surface area contributed by atoms with E-state index in [0.717, 1.165) is 0 Å². The molecule has 0 aliphatic rings. The number of benzene rings is 2. The average Bonchev–Trinajstić information content (AvgIpc) is 2.33. The van der Waals surface area contributed by atoms with Crippen LogP contribution in [0.25, 0.3) is 0 Å². The molecule has 0 atom stereocenters. The van der Waals surface area contributed by atoms with E-state index in [1.54, 1.807) is 16.9 Å². The topological polar surface area (TPSA) is 72.2 Å². The van der Waals surface area contributed by atoms with Gasteiger partial charge in [-0.2, -0.15) is 0 Å². The first-order chi connectivity index (χ1) is 9.77. The normalized spacial score (nSPS) is 11.4. The maximum Gasteiger partial charge on any atom is 0.237 e. The molecule has 0 saturated carbocycles. The minimum absolute atomic E-state index is 0.352. The van der Waals surface area contributed by atoms with Crippen LogP contribution in [0, 0.1) is 17.5 Å². The number of hydrogen-bond acceptors (Lipinski definition) is 3. The van der Waals surface area contributed by atoms with Gasteiger partial charge in [0, 0.05) is 17.8 Å². The molecule has 3 N–H and O–H groups in total. The first-order valence-corrected chi connectivity index (χ1v) is 7.41. The molecule has 0 radical (unpaired) electrons. The zero-order valence-corrected chi connectivity index (χ0v) is 11.4. The van der Waals surface area contributed by atoms with E-state index in [9.17, 15) is 21.6 Å². The third-order valence-corrected chi connectivity index (χ3v) is 3.80. The lowest BCUT2D eigenvalue weighted by Crippen LogP contribution is -2.17. The SMILES string of the molecule is Nc1cccc(CS(=O)(=O)Nc2c(F)cc(F)cc2F)c1. The molecular weight excluding hydrogens is 305 g/mol. The molecule has 0 aliphatic heterocycles. The van der Waals surface area contributed by atoms with E-state index >= 15 is 0 Å². The Morgan fingerprint density at radius 3 is 2.24 bits per heavy atom. The Labute approximate surface area is 119 Å². The third-order valence-electron chi connectivity index (χ3n) is 2.57. The highest BCUT2D eigenvalue weighted by molar-refractivity contribution is 7.91. The first kappa shape index (κ1) is 15.2. The Morgan fingerprint density at radius 1 is 1.05 bits per heavy atom. The summed E-state index contributed by atoms with van der Waals surface area (Å²) in [5.41, 5.74) is 5.32. The summed E-state index contributed by atoms with van der Waals surface area (Å²) in [6.45, 7) is 0. The Kier molecular flexibility index (Phi) is 4.08. The molecule has 8 heteroatoms. The van der Waals surface area contributed by atoms with E-state index in [1.165, 1.54) is 12.1 Å². The van der Waals surface area contributed by atoms with Crippen molar-refractivity contribution in [1.29, 1.82) is 0 Å². The lowest BCUT2D eigenvalue weighted by Gasteiger charge is -2.10. The summed E-state index contributed by atoms with van der Waals surface area (Å²) in [6.07, 6.45) is 0. The van der Waals surface area contributed by atoms with Crippen molar-refractivity contribution in [3.8, 4) is 0 Å². The van der Waals surface area contributed by atoms with Gasteiger partial charge in [0.1, 0.15) is 11.5 Å². The summed E-state index contributed by atoms with van der Waals surface area (Å²) in [6, 6.07) is 6.84. The van der Waals surface area contributed by atoms with Gasteiger partial charge in [-0.25, -0.2) is 21.6 Å². The molecule has 0 aliphatic carbocycles. The number of hydrogen-bond donors (Lipinski definition) is 2. The zero-order chi connectivity index (χ0) is 15.6. The summed E-state index contributed by atoms with van der Waals surface area (Å²) in [7, 11) is -4.07. The van der Waals surface area contributed by atoms with Crippen molar-refractivity contribution in [2.75, 3.05) is 10.5 Å². The molecule has 0 aromatic heterocycles. The average molecular weight is 316 g/mol. The molecule has 112 valence electrons. The largest absolute Gasteiger partial charge is 0.399 e. The monoisotopic (exact) mass is 316 g/mol. The second-order valence-electron chi connectivity index (χ2n) is 4.35. The molecule has 0 spiro atoms. The molecule has 0 heterocycles. The second-order valence-corrected chi connectivity index (χ2v) is 6.07. The zero-order valence-electron chi connectivity index (χ0n) is 10.6. The molecule has 2 rings (SSSR count). The highest BCUT2D eigenvalue weighted by Gasteiger charge is 2.18. The lowest BCUT2D eigenvalue weighted by atomic mass is 10.2. The number of nitrogens with one attached hydrogen (secondary N) is 1. The van der Waals surface area contributed by atoms with E-state index in [2.05, 4.69) is 0 Å². The Hall–Kier alpha value is -2.22. The number of anilines is 2.